The predicted octanol–water partition coefficient (Wildman–Crippen LogP) is 4.74. The lowest BCUT2D eigenvalue weighted by atomic mass is 10.2. The summed E-state index contributed by atoms with van der Waals surface area (Å²) in [5.41, 5.74) is 2.87. The smallest absolute Gasteiger partial charge is 0.264 e. The minimum atomic E-state index is -3.56. The van der Waals surface area contributed by atoms with Crippen LogP contribution < -0.4 is 4.74 Å². The Bertz CT molecular complexity index is 1250. The molecule has 0 radical (unpaired) electrons. The Labute approximate surface area is 203 Å². The summed E-state index contributed by atoms with van der Waals surface area (Å²) in [5, 5.41) is 2.58. The first-order valence-electron chi connectivity index (χ1n) is 10.6. The highest BCUT2D eigenvalue weighted by molar-refractivity contribution is 7.89. The van der Waals surface area contributed by atoms with Gasteiger partial charge in [0.15, 0.2) is 0 Å². The number of carbonyl (C=O) groups is 1. The first-order chi connectivity index (χ1) is 15.7. The molecule has 1 amide bonds. The van der Waals surface area contributed by atoms with E-state index >= 15 is 0 Å². The van der Waals surface area contributed by atoms with Crippen molar-refractivity contribution in [3.63, 3.8) is 0 Å². The number of halogens is 1. The van der Waals surface area contributed by atoms with Crippen LogP contribution in [0.4, 0.5) is 0 Å². The molecule has 0 spiro atoms. The van der Waals surface area contributed by atoms with Crippen molar-refractivity contribution in [2.75, 3.05) is 26.2 Å². The van der Waals surface area contributed by atoms with Crippen LogP contribution in [0, 0.1) is 13.8 Å². The molecule has 174 valence electrons. The molecule has 0 N–H and O–H groups in total. The molecule has 0 saturated carbocycles. The fourth-order valence-corrected chi connectivity index (χ4v) is 6.16. The minimum absolute atomic E-state index is 0.0821. The third-order valence-electron chi connectivity index (χ3n) is 5.58. The normalized spacial score (nSPS) is 14.9. The number of benzene rings is 2. The monoisotopic (exact) mass is 504 g/mol. The molecule has 6 nitrogen and oxygen atoms in total. The van der Waals surface area contributed by atoms with E-state index < -0.39 is 10.0 Å². The van der Waals surface area contributed by atoms with E-state index in [4.69, 9.17) is 16.3 Å². The molecule has 1 aromatic heterocycles. The zero-order valence-electron chi connectivity index (χ0n) is 18.5. The molecule has 9 heteroatoms. The Morgan fingerprint density at radius 2 is 1.73 bits per heavy atom. The first kappa shape index (κ1) is 23.8. The van der Waals surface area contributed by atoms with E-state index in [1.165, 1.54) is 15.6 Å². The Kier molecular flexibility index (Phi) is 7.09. The van der Waals surface area contributed by atoms with E-state index in [1.54, 1.807) is 35.2 Å². The highest BCUT2D eigenvalue weighted by Gasteiger charge is 2.30. The van der Waals surface area contributed by atoms with Crippen molar-refractivity contribution in [2.24, 2.45) is 0 Å². The maximum absolute atomic E-state index is 13.0. The lowest BCUT2D eigenvalue weighted by Crippen LogP contribution is -2.50. The van der Waals surface area contributed by atoms with Crippen LogP contribution in [0.5, 0.6) is 5.75 Å². The lowest BCUT2D eigenvalue weighted by molar-refractivity contribution is 0.0702. The van der Waals surface area contributed by atoms with Gasteiger partial charge >= 0.3 is 0 Å². The highest BCUT2D eigenvalue weighted by Crippen LogP contribution is 2.25. The number of ether oxygens (including phenoxy) is 1. The Balaban J connectivity index is 1.34. The maximum atomic E-state index is 13.0. The number of hydrogen-bond donors (Lipinski definition) is 0. The summed E-state index contributed by atoms with van der Waals surface area (Å²) in [6.45, 7) is 5.48. The summed E-state index contributed by atoms with van der Waals surface area (Å²) in [6.07, 6.45) is 0. The Morgan fingerprint density at radius 1 is 1.03 bits per heavy atom. The second-order valence-electron chi connectivity index (χ2n) is 8.03. The number of rotatable bonds is 6. The molecule has 0 unspecified atom stereocenters. The third-order valence-corrected chi connectivity index (χ3v) is 8.70. The summed E-state index contributed by atoms with van der Waals surface area (Å²) in [7, 11) is -3.56. The summed E-state index contributed by atoms with van der Waals surface area (Å²) >= 11 is 7.36. The molecular weight excluding hydrogens is 480 g/mol. The van der Waals surface area contributed by atoms with Crippen molar-refractivity contribution >= 4 is 38.9 Å². The van der Waals surface area contributed by atoms with E-state index in [0.717, 1.165) is 22.4 Å². The minimum Gasteiger partial charge on any atom is -0.489 e. The number of piperazine rings is 1. The topological polar surface area (TPSA) is 66.9 Å². The van der Waals surface area contributed by atoms with E-state index in [9.17, 15) is 13.2 Å². The maximum Gasteiger partial charge on any atom is 0.264 e. The SMILES string of the molecule is Cc1ccc(S(=O)(=O)N2CCN(C(=O)c3cc(COc4ccc(Cl)cc4C)cs3)CC2)cc1. The van der Waals surface area contributed by atoms with Crippen LogP contribution in [0.25, 0.3) is 0 Å². The van der Waals surface area contributed by atoms with Crippen molar-refractivity contribution in [3.05, 3.63) is 80.5 Å². The summed E-state index contributed by atoms with van der Waals surface area (Å²) in [5.74, 6) is 0.672. The van der Waals surface area contributed by atoms with Gasteiger partial charge in [0.2, 0.25) is 10.0 Å². The number of hydrogen-bond acceptors (Lipinski definition) is 5. The number of nitrogens with zero attached hydrogens (tertiary/aromatic N) is 2. The van der Waals surface area contributed by atoms with Gasteiger partial charge in [-0.15, -0.1) is 11.3 Å². The summed E-state index contributed by atoms with van der Waals surface area (Å²) in [6, 6.07) is 14.1. The van der Waals surface area contributed by atoms with Gasteiger partial charge in [0.05, 0.1) is 9.77 Å². The number of thiophene rings is 1. The van der Waals surface area contributed by atoms with Crippen molar-refractivity contribution in [1.82, 2.24) is 9.21 Å². The van der Waals surface area contributed by atoms with Crippen LogP contribution >= 0.6 is 22.9 Å². The zero-order valence-corrected chi connectivity index (χ0v) is 20.8. The van der Waals surface area contributed by atoms with Gasteiger partial charge in [-0.25, -0.2) is 8.42 Å². The summed E-state index contributed by atoms with van der Waals surface area (Å²) in [4.78, 5) is 15.6. The van der Waals surface area contributed by atoms with Gasteiger partial charge < -0.3 is 9.64 Å². The quantitative estimate of drug-likeness (QED) is 0.486. The summed E-state index contributed by atoms with van der Waals surface area (Å²) < 4.78 is 33.1. The van der Waals surface area contributed by atoms with Crippen molar-refractivity contribution < 1.29 is 17.9 Å². The molecular formula is C24H25ClN2O4S2. The molecule has 1 aliphatic rings. The third kappa shape index (κ3) is 5.41. The molecule has 0 aliphatic carbocycles. The highest BCUT2D eigenvalue weighted by atomic mass is 35.5. The first-order valence-corrected chi connectivity index (χ1v) is 13.3. The number of sulfonamides is 1. The molecule has 3 aromatic rings. The van der Waals surface area contributed by atoms with Gasteiger partial charge in [-0.2, -0.15) is 4.31 Å². The molecule has 0 bridgehead atoms. The van der Waals surface area contributed by atoms with Gasteiger partial charge in [0.25, 0.3) is 5.91 Å². The van der Waals surface area contributed by atoms with E-state index in [0.29, 0.717) is 29.6 Å². The lowest BCUT2D eigenvalue weighted by Gasteiger charge is -2.33. The van der Waals surface area contributed by atoms with Crippen molar-refractivity contribution in [3.8, 4) is 5.75 Å². The zero-order chi connectivity index (χ0) is 23.6. The largest absolute Gasteiger partial charge is 0.489 e. The van der Waals surface area contributed by atoms with Gasteiger partial charge in [-0.1, -0.05) is 29.3 Å². The van der Waals surface area contributed by atoms with Crippen LogP contribution in [-0.2, 0) is 16.6 Å². The molecule has 0 atom stereocenters. The van der Waals surface area contributed by atoms with Gasteiger partial charge in [0, 0.05) is 36.8 Å². The van der Waals surface area contributed by atoms with Crippen molar-refractivity contribution in [2.45, 2.75) is 25.3 Å². The van der Waals surface area contributed by atoms with Crippen molar-refractivity contribution in [1.29, 1.82) is 0 Å². The Hall–Kier alpha value is -2.39. The molecule has 1 aliphatic heterocycles. The molecule has 2 heterocycles. The fourth-order valence-electron chi connectivity index (χ4n) is 3.65. The standard InChI is InChI=1S/C24H25ClN2O4S2/c1-17-3-6-21(7-4-17)33(29,30)27-11-9-26(10-12-27)24(28)23-14-19(16-32-23)15-31-22-8-5-20(25)13-18(22)2/h3-8,13-14,16H,9-12,15H2,1-2H3. The molecule has 4 rings (SSSR count). The predicted molar refractivity (Wildman–Crippen MR) is 131 cm³/mol. The molecule has 2 aromatic carbocycles. The average Bonchev–Trinajstić information content (AvgIpc) is 3.27. The van der Waals surface area contributed by atoms with Crippen LogP contribution in [0.2, 0.25) is 5.02 Å². The Morgan fingerprint density at radius 3 is 2.39 bits per heavy atom. The number of carbonyl (C=O) groups excluding carboxylic acids is 1. The number of aryl methyl sites for hydroxylation is 2. The van der Waals surface area contributed by atoms with Gasteiger partial charge in [-0.05, 0) is 61.2 Å². The second-order valence-corrected chi connectivity index (χ2v) is 11.3. The molecule has 33 heavy (non-hydrogen) atoms. The van der Waals surface area contributed by atoms with Crippen LogP contribution in [0.15, 0.2) is 58.8 Å². The van der Waals surface area contributed by atoms with E-state index in [1.807, 2.05) is 37.4 Å². The van der Waals surface area contributed by atoms with Crippen LogP contribution in [0.1, 0.15) is 26.4 Å². The fraction of sp³-hybridized carbons (Fsp3) is 0.292. The second kappa shape index (κ2) is 9.85. The molecule has 1 saturated heterocycles. The molecule has 1 fully saturated rings. The van der Waals surface area contributed by atoms with Crippen LogP contribution in [-0.4, -0.2) is 49.7 Å². The van der Waals surface area contributed by atoms with E-state index in [-0.39, 0.29) is 23.9 Å². The van der Waals surface area contributed by atoms with E-state index in [2.05, 4.69) is 0 Å². The van der Waals surface area contributed by atoms with Gasteiger partial charge in [-0.3, -0.25) is 4.79 Å². The number of amides is 1. The van der Waals surface area contributed by atoms with Crippen LogP contribution in [0.3, 0.4) is 0 Å². The average molecular weight is 505 g/mol. The van der Waals surface area contributed by atoms with Gasteiger partial charge in [0.1, 0.15) is 12.4 Å².